The lowest BCUT2D eigenvalue weighted by Gasteiger charge is -2.33. The van der Waals surface area contributed by atoms with Crippen LogP contribution in [0.15, 0.2) is 50.9 Å². The fraction of sp³-hybridized carbons (Fsp3) is 0.300. The van der Waals surface area contributed by atoms with E-state index in [2.05, 4.69) is 26.2 Å². The molecular formula is C20H21BrClN3O3S. The summed E-state index contributed by atoms with van der Waals surface area (Å²) in [6.45, 7) is 3.83. The Bertz CT molecular complexity index is 952. The second-order valence-electron chi connectivity index (χ2n) is 6.53. The lowest BCUT2D eigenvalue weighted by Crippen LogP contribution is -2.48. The predicted octanol–water partition coefficient (Wildman–Crippen LogP) is 4.55. The molecule has 1 aliphatic heterocycles. The van der Waals surface area contributed by atoms with Gasteiger partial charge in [0.1, 0.15) is 10.8 Å². The van der Waals surface area contributed by atoms with E-state index < -0.39 is 0 Å². The van der Waals surface area contributed by atoms with Gasteiger partial charge in [0.25, 0.3) is 5.91 Å². The van der Waals surface area contributed by atoms with Crippen molar-refractivity contribution in [1.82, 2.24) is 14.8 Å². The molecular weight excluding hydrogens is 478 g/mol. The number of rotatable bonds is 5. The van der Waals surface area contributed by atoms with Gasteiger partial charge >= 0.3 is 0 Å². The fourth-order valence-corrected chi connectivity index (χ4v) is 4.31. The van der Waals surface area contributed by atoms with Crippen molar-refractivity contribution in [2.24, 2.45) is 0 Å². The number of furan rings is 1. The van der Waals surface area contributed by atoms with Crippen LogP contribution in [0.3, 0.4) is 0 Å². The summed E-state index contributed by atoms with van der Waals surface area (Å²) in [5.41, 5.74) is 2.07. The number of hydrogen-bond acceptors (Lipinski definition) is 6. The van der Waals surface area contributed by atoms with Gasteiger partial charge in [0.15, 0.2) is 10.4 Å². The molecule has 1 aliphatic rings. The lowest BCUT2D eigenvalue weighted by atomic mass is 10.2. The van der Waals surface area contributed by atoms with Gasteiger partial charge < -0.3 is 14.1 Å². The molecule has 0 saturated carbocycles. The van der Waals surface area contributed by atoms with E-state index in [1.165, 1.54) is 0 Å². The highest BCUT2D eigenvalue weighted by molar-refractivity contribution is 9.10. The van der Waals surface area contributed by atoms with Crippen LogP contribution < -0.4 is 4.74 Å². The summed E-state index contributed by atoms with van der Waals surface area (Å²) in [6.07, 6.45) is 0. The molecule has 29 heavy (non-hydrogen) atoms. The topological polar surface area (TPSA) is 58.8 Å². The highest BCUT2D eigenvalue weighted by Crippen LogP contribution is 2.25. The highest BCUT2D eigenvalue weighted by Gasteiger charge is 2.24. The van der Waals surface area contributed by atoms with Gasteiger partial charge in [0.2, 0.25) is 0 Å². The third-order valence-corrected chi connectivity index (χ3v) is 6.00. The maximum Gasteiger partial charge on any atom is 0.289 e. The third-order valence-electron chi connectivity index (χ3n) is 4.74. The van der Waals surface area contributed by atoms with E-state index in [1.54, 1.807) is 30.6 Å². The van der Waals surface area contributed by atoms with Crippen LogP contribution in [0.4, 0.5) is 0 Å². The number of methoxy groups -OCH3 is 1. The number of amides is 1. The maximum absolute atomic E-state index is 12.5. The van der Waals surface area contributed by atoms with Gasteiger partial charge in [0.05, 0.1) is 19.3 Å². The van der Waals surface area contributed by atoms with Gasteiger partial charge in [-0.15, -0.1) is 23.7 Å². The number of aromatic nitrogens is 1. The Morgan fingerprint density at radius 1 is 1.17 bits per heavy atom. The van der Waals surface area contributed by atoms with E-state index in [1.807, 2.05) is 29.2 Å². The summed E-state index contributed by atoms with van der Waals surface area (Å²) in [5.74, 6) is 1.17. The lowest BCUT2D eigenvalue weighted by molar-refractivity contribution is 0.0596. The Morgan fingerprint density at radius 3 is 2.52 bits per heavy atom. The van der Waals surface area contributed by atoms with Crippen LogP contribution in [0, 0.1) is 0 Å². The summed E-state index contributed by atoms with van der Waals surface area (Å²) in [5, 5.41) is 3.17. The second kappa shape index (κ2) is 9.75. The minimum Gasteiger partial charge on any atom is -0.497 e. The average Bonchev–Trinajstić information content (AvgIpc) is 3.37. The smallest absolute Gasteiger partial charge is 0.289 e. The molecule has 4 rings (SSSR count). The van der Waals surface area contributed by atoms with Gasteiger partial charge in [-0.05, 0) is 52.3 Å². The average molecular weight is 499 g/mol. The summed E-state index contributed by atoms with van der Waals surface area (Å²) in [4.78, 5) is 21.4. The molecule has 154 valence electrons. The largest absolute Gasteiger partial charge is 0.497 e. The number of carbonyl (C=O) groups excluding carboxylic acids is 1. The Kier molecular flexibility index (Phi) is 7.34. The molecule has 1 aromatic carbocycles. The van der Waals surface area contributed by atoms with Gasteiger partial charge in [-0.3, -0.25) is 9.69 Å². The maximum atomic E-state index is 12.5. The zero-order valence-corrected chi connectivity index (χ0v) is 19.1. The quantitative estimate of drug-likeness (QED) is 0.516. The first-order chi connectivity index (χ1) is 13.6. The first kappa shape index (κ1) is 21.8. The first-order valence-electron chi connectivity index (χ1n) is 8.98. The molecule has 0 bridgehead atoms. The van der Waals surface area contributed by atoms with Crippen LogP contribution in [0.5, 0.6) is 5.75 Å². The Labute approximate surface area is 188 Å². The van der Waals surface area contributed by atoms with Crippen molar-refractivity contribution in [2.45, 2.75) is 6.54 Å². The van der Waals surface area contributed by atoms with Crippen molar-refractivity contribution < 1.29 is 13.9 Å². The van der Waals surface area contributed by atoms with Gasteiger partial charge in [-0.25, -0.2) is 4.98 Å². The van der Waals surface area contributed by atoms with Crippen molar-refractivity contribution >= 4 is 45.6 Å². The van der Waals surface area contributed by atoms with Gasteiger partial charge in [-0.2, -0.15) is 0 Å². The second-order valence-corrected chi connectivity index (χ2v) is 8.25. The number of hydrogen-bond donors (Lipinski definition) is 0. The monoisotopic (exact) mass is 497 g/mol. The standard InChI is InChI=1S/C20H20BrN3O3S.ClH/c1-26-15-4-2-14(3-5-15)16-13-28-19(22-16)12-23-8-10-24(11-9-23)20(25)17-6-7-18(21)27-17;/h2-7,13H,8-12H2,1H3;1H. The zero-order valence-electron chi connectivity index (χ0n) is 15.8. The summed E-state index contributed by atoms with van der Waals surface area (Å²) >= 11 is 4.91. The summed E-state index contributed by atoms with van der Waals surface area (Å²) < 4.78 is 11.2. The zero-order chi connectivity index (χ0) is 19.5. The van der Waals surface area contributed by atoms with Gasteiger partial charge in [-0.1, -0.05) is 0 Å². The van der Waals surface area contributed by atoms with Crippen molar-refractivity contribution in [3.8, 4) is 17.0 Å². The first-order valence-corrected chi connectivity index (χ1v) is 10.7. The van der Waals surface area contributed by atoms with Crippen LogP contribution in [-0.4, -0.2) is 54.0 Å². The van der Waals surface area contributed by atoms with Crippen LogP contribution in [-0.2, 0) is 6.54 Å². The molecule has 0 spiro atoms. The van der Waals surface area contributed by atoms with E-state index in [-0.39, 0.29) is 18.3 Å². The minimum atomic E-state index is -0.0543. The van der Waals surface area contributed by atoms with Gasteiger partial charge in [0, 0.05) is 37.1 Å². The number of carbonyl (C=O) groups is 1. The fourth-order valence-electron chi connectivity index (χ4n) is 3.16. The van der Waals surface area contributed by atoms with Crippen LogP contribution in [0.1, 0.15) is 15.6 Å². The van der Waals surface area contributed by atoms with Crippen LogP contribution in [0.25, 0.3) is 11.3 Å². The molecule has 1 saturated heterocycles. The number of nitrogens with zero attached hydrogens (tertiary/aromatic N) is 3. The van der Waals surface area contributed by atoms with Crippen LogP contribution in [0.2, 0.25) is 0 Å². The molecule has 0 aliphatic carbocycles. The molecule has 6 nitrogen and oxygen atoms in total. The van der Waals surface area contributed by atoms with Crippen molar-refractivity contribution in [2.75, 3.05) is 33.3 Å². The number of halogens is 2. The highest BCUT2D eigenvalue weighted by atomic mass is 79.9. The minimum absolute atomic E-state index is 0. The van der Waals surface area contributed by atoms with Crippen molar-refractivity contribution in [3.05, 3.63) is 57.2 Å². The molecule has 0 N–H and O–H groups in total. The summed E-state index contributed by atoms with van der Waals surface area (Å²) in [6, 6.07) is 11.4. The molecule has 0 unspecified atom stereocenters. The van der Waals surface area contributed by atoms with Crippen molar-refractivity contribution in [3.63, 3.8) is 0 Å². The summed E-state index contributed by atoms with van der Waals surface area (Å²) in [7, 11) is 1.66. The van der Waals surface area contributed by atoms with Crippen LogP contribution >= 0.6 is 39.7 Å². The number of piperazine rings is 1. The van der Waals surface area contributed by atoms with E-state index in [0.29, 0.717) is 23.5 Å². The molecule has 3 aromatic rings. The Hall–Kier alpha value is -1.87. The number of thiazole rings is 1. The molecule has 3 heterocycles. The molecule has 2 aromatic heterocycles. The molecule has 9 heteroatoms. The Morgan fingerprint density at radius 2 is 1.90 bits per heavy atom. The molecule has 1 fully saturated rings. The Balaban J connectivity index is 0.00000240. The van der Waals surface area contributed by atoms with E-state index in [0.717, 1.165) is 41.6 Å². The number of ether oxygens (including phenoxy) is 1. The van der Waals surface area contributed by atoms with E-state index in [9.17, 15) is 4.79 Å². The molecule has 0 atom stereocenters. The SMILES string of the molecule is COc1ccc(-c2csc(CN3CCN(C(=O)c4ccc(Br)o4)CC3)n2)cc1.Cl. The normalized spacial score (nSPS) is 14.5. The van der Waals surface area contributed by atoms with Crippen molar-refractivity contribution in [1.29, 1.82) is 0 Å². The molecule has 1 amide bonds. The van der Waals surface area contributed by atoms with E-state index in [4.69, 9.17) is 14.1 Å². The number of benzene rings is 1. The molecule has 0 radical (unpaired) electrons. The predicted molar refractivity (Wildman–Crippen MR) is 119 cm³/mol. The van der Waals surface area contributed by atoms with E-state index >= 15 is 0 Å². The third kappa shape index (κ3) is 5.19.